The first-order valence-electron chi connectivity index (χ1n) is 11.7. The van der Waals surface area contributed by atoms with E-state index in [2.05, 4.69) is 37.1 Å². The van der Waals surface area contributed by atoms with Crippen LogP contribution in [0.4, 0.5) is 0 Å². The quantitative estimate of drug-likeness (QED) is 0.621. The number of carbonyl (C=O) groups excluding carboxylic acids is 1. The first kappa shape index (κ1) is 22.3. The minimum absolute atomic E-state index is 0.0259. The number of hydrogen-bond donors (Lipinski definition) is 1. The lowest BCUT2D eigenvalue weighted by atomic mass is 9.79. The maximum absolute atomic E-state index is 13.5. The van der Waals surface area contributed by atoms with Crippen LogP contribution in [-0.2, 0) is 0 Å². The summed E-state index contributed by atoms with van der Waals surface area (Å²) in [4.78, 5) is 31.6. The highest BCUT2D eigenvalue weighted by Crippen LogP contribution is 2.34. The normalized spacial score (nSPS) is 19.6. The summed E-state index contributed by atoms with van der Waals surface area (Å²) in [5.41, 5.74) is 1.10. The fourth-order valence-corrected chi connectivity index (χ4v) is 5.53. The van der Waals surface area contributed by atoms with Gasteiger partial charge in [0.1, 0.15) is 5.65 Å². The second-order valence-electron chi connectivity index (χ2n) is 9.21. The number of hydrogen-bond acceptors (Lipinski definition) is 6. The van der Waals surface area contributed by atoms with Crippen molar-refractivity contribution in [2.75, 3.05) is 39.8 Å². The number of amides is 1. The highest BCUT2D eigenvalue weighted by molar-refractivity contribution is 6.36. The van der Waals surface area contributed by atoms with Gasteiger partial charge >= 0.3 is 0 Å². The number of nitrogens with zero attached hydrogens (tertiary/aromatic N) is 6. The Bertz CT molecular complexity index is 1120. The first-order chi connectivity index (χ1) is 16.1. The van der Waals surface area contributed by atoms with Crippen molar-refractivity contribution < 1.29 is 4.79 Å². The monoisotopic (exact) mass is 467 g/mol. The van der Waals surface area contributed by atoms with Crippen molar-refractivity contribution in [2.24, 2.45) is 0 Å². The van der Waals surface area contributed by atoms with Gasteiger partial charge in [0.2, 0.25) is 5.95 Å². The van der Waals surface area contributed by atoms with E-state index < -0.39 is 0 Å². The van der Waals surface area contributed by atoms with E-state index in [0.717, 1.165) is 39.0 Å². The molecule has 0 unspecified atom stereocenters. The third-order valence-corrected chi connectivity index (χ3v) is 7.50. The number of likely N-dealkylation sites (N-methyl/N-ethyl adjacent to an activating group) is 1. The molecule has 5 rings (SSSR count). The van der Waals surface area contributed by atoms with Crippen LogP contribution >= 0.6 is 11.6 Å². The van der Waals surface area contributed by atoms with Crippen LogP contribution in [0.15, 0.2) is 36.9 Å². The van der Waals surface area contributed by atoms with Gasteiger partial charge in [-0.15, -0.1) is 0 Å². The van der Waals surface area contributed by atoms with Gasteiger partial charge in [-0.3, -0.25) is 14.3 Å². The maximum Gasteiger partial charge on any atom is 0.253 e. The van der Waals surface area contributed by atoms with Gasteiger partial charge in [0.15, 0.2) is 0 Å². The highest BCUT2D eigenvalue weighted by atomic mass is 35.5. The molecule has 1 aliphatic heterocycles. The van der Waals surface area contributed by atoms with Crippen molar-refractivity contribution in [3.05, 3.63) is 47.5 Å². The Morgan fingerprint density at radius 2 is 1.79 bits per heavy atom. The van der Waals surface area contributed by atoms with E-state index in [1.807, 2.05) is 0 Å². The second kappa shape index (κ2) is 9.37. The van der Waals surface area contributed by atoms with Gasteiger partial charge in [-0.2, -0.15) is 0 Å². The van der Waals surface area contributed by atoms with Gasteiger partial charge in [-0.05, 0) is 32.0 Å². The lowest BCUT2D eigenvalue weighted by Crippen LogP contribution is -2.61. The molecule has 1 N–H and O–H groups in total. The molecule has 1 aliphatic carbocycles. The van der Waals surface area contributed by atoms with Crippen molar-refractivity contribution in [1.29, 1.82) is 0 Å². The molecular weight excluding hydrogens is 438 g/mol. The Kier molecular flexibility index (Phi) is 6.32. The van der Waals surface area contributed by atoms with E-state index in [9.17, 15) is 4.79 Å². The Labute approximate surface area is 199 Å². The van der Waals surface area contributed by atoms with Crippen molar-refractivity contribution in [1.82, 2.24) is 34.6 Å². The molecule has 3 aromatic heterocycles. The summed E-state index contributed by atoms with van der Waals surface area (Å²) >= 11 is 6.53. The summed E-state index contributed by atoms with van der Waals surface area (Å²) in [6.07, 6.45) is 12.7. The molecule has 1 saturated carbocycles. The van der Waals surface area contributed by atoms with E-state index in [-0.39, 0.29) is 11.4 Å². The zero-order valence-electron chi connectivity index (χ0n) is 19.0. The van der Waals surface area contributed by atoms with Crippen LogP contribution in [0.1, 0.15) is 42.5 Å². The van der Waals surface area contributed by atoms with Crippen molar-refractivity contribution in [3.63, 3.8) is 0 Å². The van der Waals surface area contributed by atoms with Gasteiger partial charge in [0, 0.05) is 63.1 Å². The largest absolute Gasteiger partial charge is 0.350 e. The predicted molar refractivity (Wildman–Crippen MR) is 129 cm³/mol. The standard InChI is InChI=1S/C24H30ClN7O/c1-30-12-14-31(15-13-30)24(7-3-2-4-8-24)17-29-22(33)18-16-32(23-27-9-5-10-28-23)21-20(18)19(25)6-11-26-21/h5-6,9-11,16H,2-4,7-8,12-15,17H2,1H3,(H,29,33). The van der Waals surface area contributed by atoms with E-state index >= 15 is 0 Å². The molecule has 0 spiro atoms. The number of piperazine rings is 1. The molecule has 9 heteroatoms. The van der Waals surface area contributed by atoms with Crippen molar-refractivity contribution in [2.45, 2.75) is 37.6 Å². The molecular formula is C24H30ClN7O. The molecule has 0 radical (unpaired) electrons. The van der Waals surface area contributed by atoms with E-state index in [1.54, 1.807) is 41.5 Å². The number of halogens is 1. The Morgan fingerprint density at radius 1 is 1.06 bits per heavy atom. The smallest absolute Gasteiger partial charge is 0.253 e. The molecule has 2 aliphatic rings. The maximum atomic E-state index is 13.5. The fourth-order valence-electron chi connectivity index (χ4n) is 5.29. The number of nitrogens with one attached hydrogen (secondary N) is 1. The molecule has 4 heterocycles. The van der Waals surface area contributed by atoms with Crippen molar-refractivity contribution in [3.8, 4) is 5.95 Å². The van der Waals surface area contributed by atoms with Gasteiger partial charge in [0.25, 0.3) is 5.91 Å². The number of aromatic nitrogens is 4. The second-order valence-corrected chi connectivity index (χ2v) is 9.62. The van der Waals surface area contributed by atoms with Crippen LogP contribution in [0.3, 0.4) is 0 Å². The summed E-state index contributed by atoms with van der Waals surface area (Å²) in [7, 11) is 2.18. The summed E-state index contributed by atoms with van der Waals surface area (Å²) in [6, 6.07) is 3.47. The molecule has 174 valence electrons. The summed E-state index contributed by atoms with van der Waals surface area (Å²) in [5.74, 6) is 0.321. The minimum atomic E-state index is -0.136. The molecule has 2 fully saturated rings. The fraction of sp³-hybridized carbons (Fsp3) is 0.500. The topological polar surface area (TPSA) is 79.2 Å². The average Bonchev–Trinajstić information content (AvgIpc) is 3.25. The Balaban J connectivity index is 1.43. The summed E-state index contributed by atoms with van der Waals surface area (Å²) < 4.78 is 1.73. The Hall–Kier alpha value is -2.55. The van der Waals surface area contributed by atoms with Gasteiger partial charge in [0.05, 0.1) is 16.0 Å². The van der Waals surface area contributed by atoms with Crippen LogP contribution < -0.4 is 5.32 Å². The lowest BCUT2D eigenvalue weighted by molar-refractivity contribution is 0.0139. The van der Waals surface area contributed by atoms with Gasteiger partial charge in [-0.1, -0.05) is 30.9 Å². The summed E-state index contributed by atoms with van der Waals surface area (Å²) in [5, 5.41) is 4.39. The zero-order valence-corrected chi connectivity index (χ0v) is 19.8. The SMILES string of the molecule is CN1CCN(C2(CNC(=O)c3cn(-c4ncccn4)c4nccc(Cl)c34)CCCCC2)CC1. The molecule has 0 atom stereocenters. The lowest BCUT2D eigenvalue weighted by Gasteiger charge is -2.49. The van der Waals surface area contributed by atoms with Gasteiger partial charge < -0.3 is 10.2 Å². The number of pyridine rings is 1. The number of carbonyl (C=O) groups is 1. The molecule has 1 amide bonds. The highest BCUT2D eigenvalue weighted by Gasteiger charge is 2.39. The average molecular weight is 468 g/mol. The van der Waals surface area contributed by atoms with Gasteiger partial charge in [-0.25, -0.2) is 15.0 Å². The molecule has 8 nitrogen and oxygen atoms in total. The predicted octanol–water partition coefficient (Wildman–Crippen LogP) is 3.15. The van der Waals surface area contributed by atoms with E-state index in [1.165, 1.54) is 19.3 Å². The Morgan fingerprint density at radius 3 is 2.52 bits per heavy atom. The molecule has 33 heavy (non-hydrogen) atoms. The number of fused-ring (bicyclic) bond motifs is 1. The molecule has 1 saturated heterocycles. The first-order valence-corrected chi connectivity index (χ1v) is 12.1. The zero-order chi connectivity index (χ0) is 22.8. The summed E-state index contributed by atoms with van der Waals surface area (Å²) in [6.45, 7) is 4.88. The van der Waals surface area contributed by atoms with Crippen LogP contribution in [0.2, 0.25) is 5.02 Å². The van der Waals surface area contributed by atoms with Crippen LogP contribution in [0.25, 0.3) is 17.0 Å². The molecule has 3 aromatic rings. The minimum Gasteiger partial charge on any atom is -0.350 e. The van der Waals surface area contributed by atoms with Crippen LogP contribution in [0, 0.1) is 0 Å². The van der Waals surface area contributed by atoms with Crippen molar-refractivity contribution >= 4 is 28.5 Å². The van der Waals surface area contributed by atoms with E-state index in [4.69, 9.17) is 11.6 Å². The van der Waals surface area contributed by atoms with E-state index in [0.29, 0.717) is 34.1 Å². The van der Waals surface area contributed by atoms with Crippen LogP contribution in [-0.4, -0.2) is 80.5 Å². The molecule has 0 bridgehead atoms. The third kappa shape index (κ3) is 4.35. The molecule has 0 aromatic carbocycles. The third-order valence-electron chi connectivity index (χ3n) is 7.18. The number of rotatable bonds is 5. The van der Waals surface area contributed by atoms with Crippen LogP contribution in [0.5, 0.6) is 0 Å².